The zero-order chi connectivity index (χ0) is 17.9. The molecule has 1 aromatic heterocycles. The molecule has 2 aromatic rings. The van der Waals surface area contributed by atoms with Crippen molar-refractivity contribution in [1.29, 1.82) is 0 Å². The van der Waals surface area contributed by atoms with E-state index in [0.717, 1.165) is 17.0 Å². The summed E-state index contributed by atoms with van der Waals surface area (Å²) in [7, 11) is 3.24. The highest BCUT2D eigenvalue weighted by atomic mass is 16.5. The summed E-state index contributed by atoms with van der Waals surface area (Å²) in [4.78, 5) is 24.0. The van der Waals surface area contributed by atoms with Crippen molar-refractivity contribution in [3.05, 3.63) is 46.3 Å². The van der Waals surface area contributed by atoms with Crippen molar-refractivity contribution in [3.8, 4) is 0 Å². The summed E-state index contributed by atoms with van der Waals surface area (Å²) in [5.41, 5.74) is 4.91. The normalized spacial score (nSPS) is 10.5. The van der Waals surface area contributed by atoms with Crippen molar-refractivity contribution in [2.24, 2.45) is 7.05 Å². The van der Waals surface area contributed by atoms with Gasteiger partial charge in [-0.15, -0.1) is 0 Å². The van der Waals surface area contributed by atoms with Gasteiger partial charge in [-0.2, -0.15) is 5.10 Å². The first-order chi connectivity index (χ1) is 11.3. The standard InChI is InChI=1S/C18H23N3O3/c1-11-14(18(23)24-5)7-6-8-16(11)19-17(22)10-9-15-12(2)20-21(4)13(15)3/h6-8H,9-10H2,1-5H3,(H,19,22). The van der Waals surface area contributed by atoms with Crippen LogP contribution in [0.3, 0.4) is 0 Å². The highest BCUT2D eigenvalue weighted by molar-refractivity contribution is 5.96. The average molecular weight is 329 g/mol. The maximum atomic E-state index is 12.3. The lowest BCUT2D eigenvalue weighted by atomic mass is 10.1. The van der Waals surface area contributed by atoms with Crippen LogP contribution in [0, 0.1) is 20.8 Å². The van der Waals surface area contributed by atoms with E-state index in [-0.39, 0.29) is 5.91 Å². The van der Waals surface area contributed by atoms with Gasteiger partial charge in [0, 0.05) is 24.8 Å². The Bertz CT molecular complexity index is 778. The molecule has 0 radical (unpaired) electrons. The van der Waals surface area contributed by atoms with Gasteiger partial charge in [-0.25, -0.2) is 4.79 Å². The Morgan fingerprint density at radius 3 is 2.54 bits per heavy atom. The zero-order valence-corrected chi connectivity index (χ0v) is 14.8. The van der Waals surface area contributed by atoms with E-state index in [0.29, 0.717) is 29.7 Å². The molecule has 0 aliphatic carbocycles. The topological polar surface area (TPSA) is 73.2 Å². The van der Waals surface area contributed by atoms with E-state index in [1.807, 2.05) is 25.6 Å². The van der Waals surface area contributed by atoms with Crippen molar-refractivity contribution in [2.75, 3.05) is 12.4 Å². The number of nitrogens with zero attached hydrogens (tertiary/aromatic N) is 2. The lowest BCUT2D eigenvalue weighted by Crippen LogP contribution is -2.15. The number of carbonyl (C=O) groups excluding carboxylic acids is 2. The van der Waals surface area contributed by atoms with E-state index in [9.17, 15) is 9.59 Å². The summed E-state index contributed by atoms with van der Waals surface area (Å²) in [6, 6.07) is 5.18. The van der Waals surface area contributed by atoms with Gasteiger partial charge in [-0.3, -0.25) is 9.48 Å². The number of rotatable bonds is 5. The van der Waals surface area contributed by atoms with Crippen molar-refractivity contribution in [3.63, 3.8) is 0 Å². The number of ether oxygens (including phenoxy) is 1. The van der Waals surface area contributed by atoms with Crippen molar-refractivity contribution < 1.29 is 14.3 Å². The highest BCUT2D eigenvalue weighted by Gasteiger charge is 2.15. The van der Waals surface area contributed by atoms with Crippen molar-refractivity contribution in [2.45, 2.75) is 33.6 Å². The summed E-state index contributed by atoms with van der Waals surface area (Å²) in [5.74, 6) is -0.507. The Balaban J connectivity index is 2.06. The first-order valence-electron chi connectivity index (χ1n) is 7.82. The molecule has 0 aliphatic heterocycles. The van der Waals surface area contributed by atoms with Gasteiger partial charge in [-0.05, 0) is 50.5 Å². The SMILES string of the molecule is COC(=O)c1cccc(NC(=O)CCc2c(C)nn(C)c2C)c1C. The number of amides is 1. The van der Waals surface area contributed by atoms with E-state index in [2.05, 4.69) is 10.4 Å². The second kappa shape index (κ2) is 7.29. The summed E-state index contributed by atoms with van der Waals surface area (Å²) in [5, 5.41) is 7.23. The minimum Gasteiger partial charge on any atom is -0.465 e. The largest absolute Gasteiger partial charge is 0.465 e. The third-order valence-electron chi connectivity index (χ3n) is 4.27. The van der Waals surface area contributed by atoms with Crippen LogP contribution in [0.5, 0.6) is 0 Å². The smallest absolute Gasteiger partial charge is 0.338 e. The van der Waals surface area contributed by atoms with Crippen LogP contribution in [-0.4, -0.2) is 28.8 Å². The summed E-state index contributed by atoms with van der Waals surface area (Å²) in [6.07, 6.45) is 0.988. The van der Waals surface area contributed by atoms with Gasteiger partial charge < -0.3 is 10.1 Å². The molecule has 1 amide bonds. The van der Waals surface area contributed by atoms with Gasteiger partial charge in [0.2, 0.25) is 5.91 Å². The van der Waals surface area contributed by atoms with Crippen LogP contribution in [-0.2, 0) is 23.0 Å². The molecule has 1 N–H and O–H groups in total. The van der Waals surface area contributed by atoms with Crippen LogP contribution in [0.4, 0.5) is 5.69 Å². The van der Waals surface area contributed by atoms with E-state index in [1.165, 1.54) is 7.11 Å². The molecule has 1 aromatic carbocycles. The molecule has 24 heavy (non-hydrogen) atoms. The van der Waals surface area contributed by atoms with Gasteiger partial charge in [0.25, 0.3) is 0 Å². The maximum absolute atomic E-state index is 12.3. The molecule has 0 bridgehead atoms. The molecule has 2 rings (SSSR count). The molecule has 0 spiro atoms. The third kappa shape index (κ3) is 3.64. The molecule has 0 saturated heterocycles. The first-order valence-corrected chi connectivity index (χ1v) is 7.82. The van der Waals surface area contributed by atoms with Crippen LogP contribution in [0.1, 0.15) is 39.3 Å². The Kier molecular flexibility index (Phi) is 5.39. The van der Waals surface area contributed by atoms with Gasteiger partial charge in [0.15, 0.2) is 0 Å². The molecule has 1 heterocycles. The number of aryl methyl sites for hydroxylation is 2. The van der Waals surface area contributed by atoms with Crippen LogP contribution < -0.4 is 5.32 Å². The summed E-state index contributed by atoms with van der Waals surface area (Å²) >= 11 is 0. The van der Waals surface area contributed by atoms with Gasteiger partial charge in [-0.1, -0.05) is 6.07 Å². The number of methoxy groups -OCH3 is 1. The predicted molar refractivity (Wildman–Crippen MR) is 92.2 cm³/mol. The quantitative estimate of drug-likeness (QED) is 0.856. The lowest BCUT2D eigenvalue weighted by Gasteiger charge is -2.11. The van der Waals surface area contributed by atoms with E-state index in [1.54, 1.807) is 25.1 Å². The van der Waals surface area contributed by atoms with Crippen LogP contribution in [0.25, 0.3) is 0 Å². The van der Waals surface area contributed by atoms with Crippen LogP contribution >= 0.6 is 0 Å². The molecule has 6 nitrogen and oxygen atoms in total. The molecule has 128 valence electrons. The minimum atomic E-state index is -0.412. The molecular weight excluding hydrogens is 306 g/mol. The van der Waals surface area contributed by atoms with Crippen LogP contribution in [0.15, 0.2) is 18.2 Å². The second-order valence-corrected chi connectivity index (χ2v) is 5.79. The molecule has 6 heteroatoms. The van der Waals surface area contributed by atoms with Gasteiger partial charge in [0.05, 0.1) is 18.4 Å². The fourth-order valence-electron chi connectivity index (χ4n) is 2.73. The number of anilines is 1. The zero-order valence-electron chi connectivity index (χ0n) is 14.8. The fraction of sp³-hybridized carbons (Fsp3) is 0.389. The number of hydrogen-bond donors (Lipinski definition) is 1. The van der Waals surface area contributed by atoms with Crippen LogP contribution in [0.2, 0.25) is 0 Å². The van der Waals surface area contributed by atoms with Crippen molar-refractivity contribution >= 4 is 17.6 Å². The number of aromatic nitrogens is 2. The Hall–Kier alpha value is -2.63. The second-order valence-electron chi connectivity index (χ2n) is 5.79. The fourth-order valence-corrected chi connectivity index (χ4v) is 2.73. The Labute approximate surface area is 141 Å². The summed E-state index contributed by atoms with van der Waals surface area (Å²) < 4.78 is 6.58. The van der Waals surface area contributed by atoms with Gasteiger partial charge >= 0.3 is 5.97 Å². The van der Waals surface area contributed by atoms with Crippen molar-refractivity contribution in [1.82, 2.24) is 9.78 Å². The monoisotopic (exact) mass is 329 g/mol. The number of nitrogens with one attached hydrogen (secondary N) is 1. The Morgan fingerprint density at radius 2 is 1.96 bits per heavy atom. The molecule has 0 fully saturated rings. The molecular formula is C18H23N3O3. The Morgan fingerprint density at radius 1 is 1.25 bits per heavy atom. The van der Waals surface area contributed by atoms with Gasteiger partial charge in [0.1, 0.15) is 0 Å². The summed E-state index contributed by atoms with van der Waals surface area (Å²) in [6.45, 7) is 5.73. The third-order valence-corrected chi connectivity index (χ3v) is 4.27. The van der Waals surface area contributed by atoms with E-state index in [4.69, 9.17) is 4.74 Å². The minimum absolute atomic E-state index is 0.0947. The number of esters is 1. The predicted octanol–water partition coefficient (Wildman–Crippen LogP) is 2.70. The average Bonchev–Trinajstić information content (AvgIpc) is 2.79. The number of hydrogen-bond acceptors (Lipinski definition) is 4. The maximum Gasteiger partial charge on any atom is 0.338 e. The lowest BCUT2D eigenvalue weighted by molar-refractivity contribution is -0.116. The molecule has 0 saturated carbocycles. The highest BCUT2D eigenvalue weighted by Crippen LogP contribution is 2.20. The molecule has 0 atom stereocenters. The van der Waals surface area contributed by atoms with E-state index >= 15 is 0 Å². The van der Waals surface area contributed by atoms with E-state index < -0.39 is 5.97 Å². The number of carbonyl (C=O) groups is 2. The first kappa shape index (κ1) is 17.7. The number of benzene rings is 1. The molecule has 0 aliphatic rings. The molecule has 0 unspecified atom stereocenters.